The fourth-order valence-electron chi connectivity index (χ4n) is 3.76. The number of hydrogen-bond acceptors (Lipinski definition) is 3. The van der Waals surface area contributed by atoms with Crippen molar-refractivity contribution in [3.63, 3.8) is 0 Å². The van der Waals surface area contributed by atoms with E-state index in [1.165, 1.54) is 38.5 Å². The lowest BCUT2D eigenvalue weighted by molar-refractivity contribution is -0.134. The van der Waals surface area contributed by atoms with Gasteiger partial charge in [-0.25, -0.2) is 0 Å². The fourth-order valence-corrected chi connectivity index (χ4v) is 3.76. The van der Waals surface area contributed by atoms with Gasteiger partial charge in [-0.05, 0) is 38.0 Å². The topological polar surface area (TPSA) is 41.6 Å². The van der Waals surface area contributed by atoms with E-state index in [1.807, 2.05) is 0 Å². The minimum atomic E-state index is 0.0746. The second kappa shape index (κ2) is 5.80. The van der Waals surface area contributed by atoms with Gasteiger partial charge in [0.05, 0.1) is 12.6 Å². The van der Waals surface area contributed by atoms with Crippen LogP contribution in [0.15, 0.2) is 0 Å². The quantitative estimate of drug-likeness (QED) is 0.821. The van der Waals surface area contributed by atoms with Gasteiger partial charge in [-0.15, -0.1) is 0 Å². The Morgan fingerprint density at radius 1 is 1.26 bits per heavy atom. The summed E-state index contributed by atoms with van der Waals surface area (Å²) < 4.78 is 5.14. The van der Waals surface area contributed by atoms with E-state index in [0.29, 0.717) is 24.6 Å². The summed E-state index contributed by atoms with van der Waals surface area (Å²) in [6, 6.07) is 1.17. The van der Waals surface area contributed by atoms with Crippen molar-refractivity contribution >= 4 is 5.91 Å². The lowest BCUT2D eigenvalue weighted by atomic mass is 9.85. The predicted molar refractivity (Wildman–Crippen MR) is 73.9 cm³/mol. The van der Waals surface area contributed by atoms with E-state index in [4.69, 9.17) is 4.74 Å². The first-order valence-electron chi connectivity index (χ1n) is 7.85. The number of rotatable bonds is 5. The van der Waals surface area contributed by atoms with E-state index in [-0.39, 0.29) is 6.04 Å². The number of methoxy groups -OCH3 is 1. The van der Waals surface area contributed by atoms with Crippen molar-refractivity contribution in [3.05, 3.63) is 0 Å². The second-order valence-corrected chi connectivity index (χ2v) is 6.36. The van der Waals surface area contributed by atoms with Gasteiger partial charge < -0.3 is 15.0 Å². The van der Waals surface area contributed by atoms with Crippen molar-refractivity contribution in [3.8, 4) is 0 Å². The van der Waals surface area contributed by atoms with Gasteiger partial charge in [0.1, 0.15) is 0 Å². The molecule has 3 atom stereocenters. The maximum Gasteiger partial charge on any atom is 0.240 e. The number of fused-ring (bicyclic) bond motifs is 1. The molecular weight excluding hydrogens is 240 g/mol. The molecule has 0 aromatic rings. The van der Waals surface area contributed by atoms with Crippen molar-refractivity contribution in [2.75, 3.05) is 20.3 Å². The molecule has 0 radical (unpaired) electrons. The average molecular weight is 266 g/mol. The fraction of sp³-hybridized carbons (Fsp3) is 0.933. The summed E-state index contributed by atoms with van der Waals surface area (Å²) in [7, 11) is 1.71. The number of nitrogens with zero attached hydrogens (tertiary/aromatic N) is 1. The SMILES string of the molecule is COCCN(C(=O)C1CC2CCCCC2N1)C1CC1. The molecule has 0 aromatic carbocycles. The third kappa shape index (κ3) is 2.95. The van der Waals surface area contributed by atoms with Crippen LogP contribution in [-0.2, 0) is 9.53 Å². The van der Waals surface area contributed by atoms with Crippen LogP contribution < -0.4 is 5.32 Å². The van der Waals surface area contributed by atoms with Crippen LogP contribution in [0.25, 0.3) is 0 Å². The molecule has 4 heteroatoms. The van der Waals surface area contributed by atoms with Crippen LogP contribution in [-0.4, -0.2) is 49.2 Å². The first kappa shape index (κ1) is 13.4. The van der Waals surface area contributed by atoms with Gasteiger partial charge in [0.25, 0.3) is 0 Å². The lowest BCUT2D eigenvalue weighted by Crippen LogP contribution is -2.47. The van der Waals surface area contributed by atoms with Gasteiger partial charge in [-0.1, -0.05) is 12.8 Å². The molecule has 1 saturated heterocycles. The Labute approximate surface area is 115 Å². The minimum Gasteiger partial charge on any atom is -0.383 e. The third-order valence-electron chi connectivity index (χ3n) is 4.97. The molecule has 4 nitrogen and oxygen atoms in total. The number of nitrogens with one attached hydrogen (secondary N) is 1. The van der Waals surface area contributed by atoms with Crippen LogP contribution in [0.2, 0.25) is 0 Å². The first-order valence-corrected chi connectivity index (χ1v) is 7.85. The molecule has 19 heavy (non-hydrogen) atoms. The van der Waals surface area contributed by atoms with Crippen molar-refractivity contribution in [1.29, 1.82) is 0 Å². The molecule has 3 rings (SSSR count). The van der Waals surface area contributed by atoms with E-state index >= 15 is 0 Å². The molecule has 0 bridgehead atoms. The highest BCUT2D eigenvalue weighted by Gasteiger charge is 2.42. The largest absolute Gasteiger partial charge is 0.383 e. The van der Waals surface area contributed by atoms with Gasteiger partial charge in [0.2, 0.25) is 5.91 Å². The Morgan fingerprint density at radius 3 is 2.74 bits per heavy atom. The van der Waals surface area contributed by atoms with Crippen LogP contribution >= 0.6 is 0 Å². The number of ether oxygens (including phenoxy) is 1. The van der Waals surface area contributed by atoms with Crippen LogP contribution in [0.4, 0.5) is 0 Å². The molecular formula is C15H26N2O2. The summed E-state index contributed by atoms with van der Waals surface area (Å²) in [6.07, 6.45) is 8.65. The Balaban J connectivity index is 1.59. The average Bonchev–Trinajstić information content (AvgIpc) is 3.17. The Morgan fingerprint density at radius 2 is 2.05 bits per heavy atom. The summed E-state index contributed by atoms with van der Waals surface area (Å²) in [5, 5.41) is 3.60. The van der Waals surface area contributed by atoms with Crippen LogP contribution in [0, 0.1) is 5.92 Å². The van der Waals surface area contributed by atoms with Crippen LogP contribution in [0.5, 0.6) is 0 Å². The number of carbonyl (C=O) groups excluding carboxylic acids is 1. The number of hydrogen-bond donors (Lipinski definition) is 1. The summed E-state index contributed by atoms with van der Waals surface area (Å²) in [5.74, 6) is 1.07. The molecule has 3 fully saturated rings. The summed E-state index contributed by atoms with van der Waals surface area (Å²) >= 11 is 0. The Hall–Kier alpha value is -0.610. The normalized spacial score (nSPS) is 34.1. The second-order valence-electron chi connectivity index (χ2n) is 6.36. The summed E-state index contributed by atoms with van der Waals surface area (Å²) in [5.41, 5.74) is 0. The highest BCUT2D eigenvalue weighted by molar-refractivity contribution is 5.83. The molecule has 0 spiro atoms. The zero-order valence-electron chi connectivity index (χ0n) is 11.9. The molecule has 108 valence electrons. The van der Waals surface area contributed by atoms with Gasteiger partial charge in [0.15, 0.2) is 0 Å². The maximum absolute atomic E-state index is 12.7. The predicted octanol–water partition coefficient (Wildman–Crippen LogP) is 1.54. The first-order chi connectivity index (χ1) is 9.29. The van der Waals surface area contributed by atoms with Gasteiger partial charge in [-0.3, -0.25) is 4.79 Å². The van der Waals surface area contributed by atoms with Crippen molar-refractivity contribution in [2.45, 2.75) is 63.1 Å². The van der Waals surface area contributed by atoms with E-state index in [2.05, 4.69) is 10.2 Å². The van der Waals surface area contributed by atoms with E-state index < -0.39 is 0 Å². The summed E-state index contributed by atoms with van der Waals surface area (Å²) in [4.78, 5) is 14.8. The number of amides is 1. The lowest BCUT2D eigenvalue weighted by Gasteiger charge is -2.26. The molecule has 3 aliphatic rings. The van der Waals surface area contributed by atoms with E-state index in [0.717, 1.165) is 18.9 Å². The molecule has 1 heterocycles. The monoisotopic (exact) mass is 266 g/mol. The van der Waals surface area contributed by atoms with Crippen molar-refractivity contribution in [2.24, 2.45) is 5.92 Å². The molecule has 1 N–H and O–H groups in total. The number of carbonyl (C=O) groups is 1. The molecule has 1 aliphatic heterocycles. The Bertz CT molecular complexity index is 316. The van der Waals surface area contributed by atoms with Gasteiger partial charge in [0, 0.05) is 25.7 Å². The molecule has 3 unspecified atom stereocenters. The smallest absolute Gasteiger partial charge is 0.240 e. The van der Waals surface area contributed by atoms with Crippen molar-refractivity contribution < 1.29 is 9.53 Å². The zero-order chi connectivity index (χ0) is 13.2. The van der Waals surface area contributed by atoms with Gasteiger partial charge in [-0.2, -0.15) is 0 Å². The van der Waals surface area contributed by atoms with E-state index in [1.54, 1.807) is 7.11 Å². The standard InChI is InChI=1S/C15H26N2O2/c1-19-9-8-17(12-6-7-12)15(18)14-10-11-4-2-3-5-13(11)16-14/h11-14,16H,2-10H2,1H3. The van der Waals surface area contributed by atoms with E-state index in [9.17, 15) is 4.79 Å². The Kier molecular flexibility index (Phi) is 4.08. The summed E-state index contributed by atoms with van der Waals surface area (Å²) in [6.45, 7) is 1.41. The highest BCUT2D eigenvalue weighted by atomic mass is 16.5. The van der Waals surface area contributed by atoms with Crippen LogP contribution in [0.1, 0.15) is 44.9 Å². The van der Waals surface area contributed by atoms with Crippen molar-refractivity contribution in [1.82, 2.24) is 10.2 Å². The third-order valence-corrected chi connectivity index (χ3v) is 4.97. The minimum absolute atomic E-state index is 0.0746. The molecule has 1 amide bonds. The molecule has 0 aromatic heterocycles. The molecule has 2 aliphatic carbocycles. The van der Waals surface area contributed by atoms with Gasteiger partial charge >= 0.3 is 0 Å². The maximum atomic E-state index is 12.7. The van der Waals surface area contributed by atoms with Crippen LogP contribution in [0.3, 0.4) is 0 Å². The molecule has 2 saturated carbocycles. The highest BCUT2D eigenvalue weighted by Crippen LogP contribution is 2.35. The zero-order valence-corrected chi connectivity index (χ0v) is 11.9.